The second-order valence-corrected chi connectivity index (χ2v) is 4.63. The fourth-order valence-corrected chi connectivity index (χ4v) is 1.91. The molecule has 1 heterocycles. The molecule has 0 aliphatic carbocycles. The fraction of sp³-hybridized carbons (Fsp3) is 0.154. The first-order chi connectivity index (χ1) is 8.16. The van der Waals surface area contributed by atoms with Crippen LogP contribution in [0.1, 0.15) is 11.1 Å². The normalized spacial score (nSPS) is 10.3. The highest BCUT2D eigenvalue weighted by Crippen LogP contribution is 2.23. The van der Waals surface area contributed by atoms with E-state index in [2.05, 4.69) is 26.2 Å². The largest absolute Gasteiger partial charge is 0.381 e. The van der Waals surface area contributed by atoms with Crippen molar-refractivity contribution in [1.82, 2.24) is 4.98 Å². The summed E-state index contributed by atoms with van der Waals surface area (Å²) in [4.78, 5) is 3.81. The predicted octanol–water partition coefficient (Wildman–Crippen LogP) is 3.90. The molecule has 0 saturated carbocycles. The molecule has 0 amide bonds. The number of aromatic nitrogens is 1. The molecule has 2 rings (SSSR count). The average molecular weight is 295 g/mol. The maximum absolute atomic E-state index is 12.9. The van der Waals surface area contributed by atoms with Crippen molar-refractivity contribution in [2.24, 2.45) is 0 Å². The van der Waals surface area contributed by atoms with Crippen LogP contribution in [-0.4, -0.2) is 4.98 Å². The molecule has 0 radical (unpaired) electrons. The van der Waals surface area contributed by atoms with Gasteiger partial charge in [0.25, 0.3) is 0 Å². The first kappa shape index (κ1) is 12.0. The molecule has 0 bridgehead atoms. The van der Waals surface area contributed by atoms with Crippen LogP contribution in [0.3, 0.4) is 0 Å². The van der Waals surface area contributed by atoms with Gasteiger partial charge in [-0.2, -0.15) is 0 Å². The summed E-state index contributed by atoms with van der Waals surface area (Å²) >= 11 is 3.47. The van der Waals surface area contributed by atoms with E-state index < -0.39 is 0 Å². The highest BCUT2D eigenvalue weighted by Gasteiger charge is 2.01. The van der Waals surface area contributed by atoms with E-state index in [9.17, 15) is 4.39 Å². The lowest BCUT2D eigenvalue weighted by Crippen LogP contribution is -2.02. The van der Waals surface area contributed by atoms with Crippen molar-refractivity contribution >= 4 is 21.6 Å². The number of halogens is 2. The van der Waals surface area contributed by atoms with Gasteiger partial charge in [-0.3, -0.25) is 4.98 Å². The van der Waals surface area contributed by atoms with Crippen molar-refractivity contribution < 1.29 is 4.39 Å². The molecule has 0 unspecified atom stereocenters. The van der Waals surface area contributed by atoms with Crippen LogP contribution in [0.2, 0.25) is 0 Å². The van der Waals surface area contributed by atoms with E-state index in [1.54, 1.807) is 6.20 Å². The number of rotatable bonds is 3. The van der Waals surface area contributed by atoms with Gasteiger partial charge in [0, 0.05) is 22.9 Å². The summed E-state index contributed by atoms with van der Waals surface area (Å²) in [5.74, 6) is -0.310. The van der Waals surface area contributed by atoms with Crippen molar-refractivity contribution in [1.29, 1.82) is 0 Å². The van der Waals surface area contributed by atoms with Gasteiger partial charge in [-0.05, 0) is 36.2 Å². The smallest absolute Gasteiger partial charge is 0.141 e. The van der Waals surface area contributed by atoms with Crippen LogP contribution in [0.25, 0.3) is 0 Å². The van der Waals surface area contributed by atoms with E-state index >= 15 is 0 Å². The van der Waals surface area contributed by atoms with E-state index in [-0.39, 0.29) is 5.82 Å². The Balaban J connectivity index is 2.10. The van der Waals surface area contributed by atoms with Gasteiger partial charge in [0.1, 0.15) is 5.82 Å². The number of benzene rings is 1. The highest BCUT2D eigenvalue weighted by molar-refractivity contribution is 9.10. The molecule has 0 aliphatic rings. The molecule has 1 aromatic carbocycles. The summed E-state index contributed by atoms with van der Waals surface area (Å²) in [7, 11) is 0. The molecule has 0 saturated heterocycles. The molecule has 88 valence electrons. The third-order valence-corrected chi connectivity index (χ3v) is 3.37. The Bertz CT molecular complexity index is 529. The van der Waals surface area contributed by atoms with Gasteiger partial charge in [0.05, 0.1) is 6.20 Å². The molecule has 0 fully saturated rings. The lowest BCUT2D eigenvalue weighted by atomic mass is 10.2. The number of nitrogens with one attached hydrogen (secondary N) is 1. The Kier molecular flexibility index (Phi) is 3.74. The van der Waals surface area contributed by atoms with E-state index in [0.717, 1.165) is 21.3 Å². The van der Waals surface area contributed by atoms with E-state index in [1.165, 1.54) is 12.3 Å². The van der Waals surface area contributed by atoms with Crippen LogP contribution >= 0.6 is 15.9 Å². The van der Waals surface area contributed by atoms with Crippen molar-refractivity contribution in [2.45, 2.75) is 13.5 Å². The third kappa shape index (κ3) is 3.03. The SMILES string of the molecule is Cc1c(Br)cccc1NCc1cncc(F)c1. The average Bonchev–Trinajstić information content (AvgIpc) is 2.31. The van der Waals surface area contributed by atoms with E-state index in [1.807, 2.05) is 25.1 Å². The highest BCUT2D eigenvalue weighted by atomic mass is 79.9. The summed E-state index contributed by atoms with van der Waals surface area (Å²) in [6.07, 6.45) is 2.86. The maximum Gasteiger partial charge on any atom is 0.141 e. The lowest BCUT2D eigenvalue weighted by Gasteiger charge is -2.10. The number of hydrogen-bond acceptors (Lipinski definition) is 2. The predicted molar refractivity (Wildman–Crippen MR) is 70.4 cm³/mol. The van der Waals surface area contributed by atoms with Crippen LogP contribution in [0.4, 0.5) is 10.1 Å². The zero-order chi connectivity index (χ0) is 12.3. The minimum absolute atomic E-state index is 0.310. The van der Waals surface area contributed by atoms with Gasteiger partial charge in [0.2, 0.25) is 0 Å². The molecule has 0 aliphatic heterocycles. The summed E-state index contributed by atoms with van der Waals surface area (Å²) in [6.45, 7) is 2.58. The van der Waals surface area contributed by atoms with Gasteiger partial charge >= 0.3 is 0 Å². The van der Waals surface area contributed by atoms with Crippen molar-refractivity contribution in [2.75, 3.05) is 5.32 Å². The van der Waals surface area contributed by atoms with Gasteiger partial charge in [-0.25, -0.2) is 4.39 Å². The molecular weight excluding hydrogens is 283 g/mol. The molecule has 4 heteroatoms. The van der Waals surface area contributed by atoms with Crippen molar-refractivity contribution in [3.8, 4) is 0 Å². The summed E-state index contributed by atoms with van der Waals surface area (Å²) < 4.78 is 14.0. The minimum Gasteiger partial charge on any atom is -0.381 e. The Morgan fingerprint density at radius 1 is 1.35 bits per heavy atom. The number of anilines is 1. The van der Waals surface area contributed by atoms with Crippen LogP contribution in [0.5, 0.6) is 0 Å². The summed E-state index contributed by atoms with van der Waals surface area (Å²) in [5, 5.41) is 3.26. The molecule has 17 heavy (non-hydrogen) atoms. The van der Waals surface area contributed by atoms with Crippen LogP contribution in [0, 0.1) is 12.7 Å². The monoisotopic (exact) mass is 294 g/mol. The Morgan fingerprint density at radius 2 is 2.18 bits per heavy atom. The Labute approximate surface area is 108 Å². The van der Waals surface area contributed by atoms with Crippen LogP contribution in [-0.2, 0) is 6.54 Å². The molecule has 2 aromatic rings. The molecule has 0 spiro atoms. The van der Waals surface area contributed by atoms with E-state index in [4.69, 9.17) is 0 Å². The minimum atomic E-state index is -0.310. The van der Waals surface area contributed by atoms with Crippen molar-refractivity contribution in [3.63, 3.8) is 0 Å². The maximum atomic E-state index is 12.9. The second-order valence-electron chi connectivity index (χ2n) is 3.78. The first-order valence-electron chi connectivity index (χ1n) is 5.25. The van der Waals surface area contributed by atoms with Crippen LogP contribution in [0.15, 0.2) is 41.1 Å². The Morgan fingerprint density at radius 3 is 2.94 bits per heavy atom. The van der Waals surface area contributed by atoms with Gasteiger partial charge in [-0.1, -0.05) is 22.0 Å². The topological polar surface area (TPSA) is 24.9 Å². The quantitative estimate of drug-likeness (QED) is 0.928. The number of hydrogen-bond donors (Lipinski definition) is 1. The zero-order valence-corrected chi connectivity index (χ0v) is 11.0. The first-order valence-corrected chi connectivity index (χ1v) is 6.04. The number of pyridine rings is 1. The van der Waals surface area contributed by atoms with E-state index in [0.29, 0.717) is 6.54 Å². The summed E-state index contributed by atoms with van der Waals surface area (Å²) in [6, 6.07) is 7.42. The Hall–Kier alpha value is -1.42. The molecule has 1 N–H and O–H groups in total. The van der Waals surface area contributed by atoms with Crippen molar-refractivity contribution in [3.05, 3.63) is 58.1 Å². The molecule has 2 nitrogen and oxygen atoms in total. The van der Waals surface area contributed by atoms with Crippen LogP contribution < -0.4 is 5.32 Å². The fourth-order valence-electron chi connectivity index (χ4n) is 1.55. The van der Waals surface area contributed by atoms with Gasteiger partial charge in [-0.15, -0.1) is 0 Å². The zero-order valence-electron chi connectivity index (χ0n) is 9.37. The number of nitrogens with zero attached hydrogens (tertiary/aromatic N) is 1. The molecule has 0 atom stereocenters. The second kappa shape index (κ2) is 5.27. The molecule has 1 aromatic heterocycles. The third-order valence-electron chi connectivity index (χ3n) is 2.51. The lowest BCUT2D eigenvalue weighted by molar-refractivity contribution is 0.619. The molecular formula is C13H12BrFN2. The standard InChI is InChI=1S/C13H12BrFN2/c1-9-12(14)3-2-4-13(9)17-7-10-5-11(15)8-16-6-10/h2-6,8,17H,7H2,1H3. The van der Waals surface area contributed by atoms with Gasteiger partial charge < -0.3 is 5.32 Å². The summed E-state index contributed by atoms with van der Waals surface area (Å²) in [5.41, 5.74) is 2.99. The van der Waals surface area contributed by atoms with Gasteiger partial charge in [0.15, 0.2) is 0 Å².